The Labute approximate surface area is 228 Å². The van der Waals surface area contributed by atoms with Gasteiger partial charge in [-0.05, 0) is 28.2 Å². The standard InChI is InChI=1S/C34H31NOP2/c1-5-17-31(18-6-1)37(32-19-7-2-8-20-32)35-26-29-16-14-13-15-28(29)25-30(35)27-36-38(33-21-9-3-10-22-33)34-23-11-4-12-24-34/h1-24,30H,25-27H2/t30-/m1/s1. The zero-order valence-corrected chi connectivity index (χ0v) is 23.1. The van der Waals surface area contributed by atoms with Crippen molar-refractivity contribution in [3.63, 3.8) is 0 Å². The van der Waals surface area contributed by atoms with Crippen LogP contribution < -0.4 is 21.2 Å². The molecule has 0 spiro atoms. The van der Waals surface area contributed by atoms with Crippen LogP contribution in [0.3, 0.4) is 0 Å². The van der Waals surface area contributed by atoms with Gasteiger partial charge in [-0.2, -0.15) is 0 Å². The summed E-state index contributed by atoms with van der Waals surface area (Å²) < 4.78 is 9.68. The topological polar surface area (TPSA) is 12.5 Å². The lowest BCUT2D eigenvalue weighted by molar-refractivity contribution is 0.213. The monoisotopic (exact) mass is 531 g/mol. The van der Waals surface area contributed by atoms with Crippen LogP contribution in [0.25, 0.3) is 0 Å². The van der Waals surface area contributed by atoms with Gasteiger partial charge in [-0.3, -0.25) is 4.67 Å². The van der Waals surface area contributed by atoms with Crippen molar-refractivity contribution in [3.05, 3.63) is 157 Å². The number of hydrogen-bond donors (Lipinski definition) is 0. The van der Waals surface area contributed by atoms with E-state index in [1.54, 1.807) is 0 Å². The molecule has 2 nitrogen and oxygen atoms in total. The molecular formula is C34H31NOP2. The fourth-order valence-corrected chi connectivity index (χ4v) is 9.49. The molecule has 0 unspecified atom stereocenters. The van der Waals surface area contributed by atoms with Gasteiger partial charge in [0.05, 0.1) is 14.8 Å². The second-order valence-electron chi connectivity index (χ2n) is 9.47. The van der Waals surface area contributed by atoms with Crippen LogP contribution in [0.5, 0.6) is 0 Å². The van der Waals surface area contributed by atoms with E-state index >= 15 is 0 Å². The highest BCUT2D eigenvalue weighted by atomic mass is 31.1. The molecule has 0 N–H and O–H groups in total. The average Bonchev–Trinajstić information content (AvgIpc) is 3.00. The first kappa shape index (κ1) is 25.2. The van der Waals surface area contributed by atoms with Crippen LogP contribution in [0, 0.1) is 0 Å². The van der Waals surface area contributed by atoms with Crippen molar-refractivity contribution in [3.8, 4) is 0 Å². The predicted octanol–water partition coefficient (Wildman–Crippen LogP) is 6.53. The van der Waals surface area contributed by atoms with Crippen LogP contribution in [-0.4, -0.2) is 17.3 Å². The summed E-state index contributed by atoms with van der Waals surface area (Å²) in [5, 5.41) is 5.27. The molecule has 5 aromatic rings. The van der Waals surface area contributed by atoms with Gasteiger partial charge < -0.3 is 4.52 Å². The third kappa shape index (κ3) is 5.65. The molecule has 188 valence electrons. The zero-order valence-electron chi connectivity index (χ0n) is 21.3. The summed E-state index contributed by atoms with van der Waals surface area (Å²) in [5.74, 6) is 0. The number of rotatable bonds is 8. The molecule has 0 amide bonds. The first-order chi connectivity index (χ1) is 18.9. The lowest BCUT2D eigenvalue weighted by Gasteiger charge is -2.42. The van der Waals surface area contributed by atoms with E-state index < -0.39 is 16.2 Å². The van der Waals surface area contributed by atoms with Crippen molar-refractivity contribution in [2.75, 3.05) is 6.61 Å². The largest absolute Gasteiger partial charge is 0.348 e. The molecule has 1 aliphatic heterocycles. The predicted molar refractivity (Wildman–Crippen MR) is 164 cm³/mol. The lowest BCUT2D eigenvalue weighted by Crippen LogP contribution is -2.43. The van der Waals surface area contributed by atoms with E-state index in [1.807, 2.05) is 0 Å². The molecule has 5 aromatic carbocycles. The summed E-state index contributed by atoms with van der Waals surface area (Å²) in [5.41, 5.74) is 2.87. The van der Waals surface area contributed by atoms with Gasteiger partial charge in [0.1, 0.15) is 0 Å². The molecule has 0 saturated heterocycles. The van der Waals surface area contributed by atoms with Gasteiger partial charge in [0, 0.05) is 31.3 Å². The highest BCUT2D eigenvalue weighted by Gasteiger charge is 2.34. The first-order valence-corrected chi connectivity index (χ1v) is 15.7. The quantitative estimate of drug-likeness (QED) is 0.211. The molecule has 0 aliphatic carbocycles. The van der Waals surface area contributed by atoms with E-state index in [4.69, 9.17) is 4.52 Å². The molecule has 6 rings (SSSR count). The van der Waals surface area contributed by atoms with Gasteiger partial charge in [-0.1, -0.05) is 146 Å². The van der Waals surface area contributed by atoms with Gasteiger partial charge in [-0.25, -0.2) is 0 Å². The van der Waals surface area contributed by atoms with Gasteiger partial charge in [0.25, 0.3) is 0 Å². The number of fused-ring (bicyclic) bond motifs is 1. The Bertz CT molecular complexity index is 1350. The fourth-order valence-electron chi connectivity index (χ4n) is 5.12. The van der Waals surface area contributed by atoms with Crippen LogP contribution in [0.15, 0.2) is 146 Å². The number of benzene rings is 5. The molecule has 1 heterocycles. The lowest BCUT2D eigenvalue weighted by atomic mass is 9.96. The number of nitrogens with zero attached hydrogens (tertiary/aromatic N) is 1. The summed E-state index contributed by atoms with van der Waals surface area (Å²) in [6.45, 7) is 1.61. The zero-order chi connectivity index (χ0) is 25.6. The van der Waals surface area contributed by atoms with Crippen LogP contribution in [0.1, 0.15) is 11.1 Å². The Morgan fingerprint density at radius 1 is 0.526 bits per heavy atom. The molecule has 0 saturated carbocycles. The van der Waals surface area contributed by atoms with E-state index in [2.05, 4.69) is 150 Å². The maximum atomic E-state index is 6.95. The van der Waals surface area contributed by atoms with Crippen LogP contribution >= 0.6 is 16.2 Å². The molecule has 0 radical (unpaired) electrons. The molecule has 38 heavy (non-hydrogen) atoms. The van der Waals surface area contributed by atoms with Gasteiger partial charge >= 0.3 is 0 Å². The summed E-state index contributed by atoms with van der Waals surface area (Å²) in [6, 6.07) is 52.7. The summed E-state index contributed by atoms with van der Waals surface area (Å²) in [6.07, 6.45) is 0.988. The molecule has 0 fully saturated rings. The Hall–Kier alpha value is -3.12. The number of hydrogen-bond acceptors (Lipinski definition) is 2. The average molecular weight is 532 g/mol. The van der Waals surface area contributed by atoms with Gasteiger partial charge in [0.2, 0.25) is 0 Å². The highest BCUT2D eigenvalue weighted by Crippen LogP contribution is 2.45. The molecule has 0 bridgehead atoms. The normalized spacial score (nSPS) is 15.5. The Kier molecular flexibility index (Phi) is 8.06. The van der Waals surface area contributed by atoms with Crippen LogP contribution in [0.2, 0.25) is 0 Å². The van der Waals surface area contributed by atoms with Crippen molar-refractivity contribution in [2.45, 2.75) is 19.0 Å². The smallest absolute Gasteiger partial charge is 0.0918 e. The molecule has 1 atom stereocenters. The van der Waals surface area contributed by atoms with Crippen LogP contribution in [0.4, 0.5) is 0 Å². The van der Waals surface area contributed by atoms with Crippen molar-refractivity contribution in [2.24, 2.45) is 0 Å². The summed E-state index contributed by atoms with van der Waals surface area (Å²) in [4.78, 5) is 0. The van der Waals surface area contributed by atoms with Gasteiger partial charge in [0.15, 0.2) is 0 Å². The minimum absolute atomic E-state index is 0.272. The van der Waals surface area contributed by atoms with E-state index in [0.717, 1.165) is 13.0 Å². The second kappa shape index (κ2) is 12.2. The van der Waals surface area contributed by atoms with Gasteiger partial charge in [-0.15, -0.1) is 0 Å². The third-order valence-corrected chi connectivity index (χ3v) is 11.5. The van der Waals surface area contributed by atoms with E-state index in [1.165, 1.54) is 32.3 Å². The van der Waals surface area contributed by atoms with E-state index in [-0.39, 0.29) is 6.04 Å². The van der Waals surface area contributed by atoms with Crippen molar-refractivity contribution < 1.29 is 4.52 Å². The first-order valence-electron chi connectivity index (χ1n) is 13.1. The highest BCUT2D eigenvalue weighted by molar-refractivity contribution is 7.70. The van der Waals surface area contributed by atoms with Crippen molar-refractivity contribution in [1.29, 1.82) is 0 Å². The fraction of sp³-hybridized carbons (Fsp3) is 0.118. The molecule has 0 aromatic heterocycles. The minimum atomic E-state index is -0.909. The minimum Gasteiger partial charge on any atom is -0.348 e. The Morgan fingerprint density at radius 2 is 0.947 bits per heavy atom. The summed E-state index contributed by atoms with van der Waals surface area (Å²) in [7, 11) is -1.62. The molecule has 1 aliphatic rings. The summed E-state index contributed by atoms with van der Waals surface area (Å²) >= 11 is 0. The third-order valence-electron chi connectivity index (χ3n) is 6.96. The maximum Gasteiger partial charge on any atom is 0.0918 e. The van der Waals surface area contributed by atoms with Crippen molar-refractivity contribution in [1.82, 2.24) is 4.67 Å². The van der Waals surface area contributed by atoms with Crippen LogP contribution in [-0.2, 0) is 17.5 Å². The van der Waals surface area contributed by atoms with Crippen molar-refractivity contribution >= 4 is 37.4 Å². The van der Waals surface area contributed by atoms with E-state index in [9.17, 15) is 0 Å². The maximum absolute atomic E-state index is 6.95. The Morgan fingerprint density at radius 3 is 1.45 bits per heavy atom. The molecule has 4 heteroatoms. The Balaban J connectivity index is 1.37. The second-order valence-corrected chi connectivity index (χ2v) is 13.5. The SMILES string of the molecule is c1ccc(P(OC[C@H]2Cc3ccccc3CN2P(c2ccccc2)c2ccccc2)c2ccccc2)cc1. The molecular weight excluding hydrogens is 500 g/mol. The van der Waals surface area contributed by atoms with E-state index in [0.29, 0.717) is 6.61 Å².